The molecule has 1 aliphatic carbocycles. The van der Waals surface area contributed by atoms with Gasteiger partial charge in [-0.2, -0.15) is 0 Å². The lowest BCUT2D eigenvalue weighted by Crippen LogP contribution is -2.17. The van der Waals surface area contributed by atoms with Crippen molar-refractivity contribution in [3.63, 3.8) is 0 Å². The number of rotatable bonds is 2. The van der Waals surface area contributed by atoms with Crippen molar-refractivity contribution in [3.05, 3.63) is 46.5 Å². The van der Waals surface area contributed by atoms with Crippen molar-refractivity contribution in [2.75, 3.05) is 0 Å². The van der Waals surface area contributed by atoms with Gasteiger partial charge in [-0.3, -0.25) is 0 Å². The third-order valence-corrected chi connectivity index (χ3v) is 4.14. The largest absolute Gasteiger partial charge is 0.508 e. The topological polar surface area (TPSA) is 40.5 Å². The maximum Gasteiger partial charge on any atom is 0.137 e. The van der Waals surface area contributed by atoms with Gasteiger partial charge in [-0.05, 0) is 38.7 Å². The highest BCUT2D eigenvalue weighted by molar-refractivity contribution is 6.32. The molecule has 2 atom stereocenters. The van der Waals surface area contributed by atoms with Crippen molar-refractivity contribution in [2.45, 2.75) is 32.6 Å². The second kappa shape index (κ2) is 5.30. The maximum absolute atomic E-state index is 10.1. The van der Waals surface area contributed by atoms with Gasteiger partial charge in [0.2, 0.25) is 0 Å². The number of hydrogen-bond donors (Lipinski definition) is 2. The molecule has 0 fully saturated rings. The van der Waals surface area contributed by atoms with Crippen molar-refractivity contribution >= 4 is 11.6 Å². The van der Waals surface area contributed by atoms with Crippen LogP contribution in [-0.4, -0.2) is 10.2 Å². The van der Waals surface area contributed by atoms with Crippen LogP contribution in [0.4, 0.5) is 0 Å². The van der Waals surface area contributed by atoms with E-state index < -0.39 is 0 Å². The Morgan fingerprint density at radius 3 is 2.63 bits per heavy atom. The first kappa shape index (κ1) is 14.0. The molecular weight excluding hydrogens is 260 g/mol. The van der Waals surface area contributed by atoms with Crippen LogP contribution in [0.5, 0.6) is 11.5 Å². The van der Waals surface area contributed by atoms with Gasteiger partial charge in [-0.1, -0.05) is 35.4 Å². The van der Waals surface area contributed by atoms with Crippen molar-refractivity contribution in [3.8, 4) is 11.5 Å². The zero-order chi connectivity index (χ0) is 14.2. The first-order chi connectivity index (χ1) is 8.90. The Kier molecular flexibility index (Phi) is 3.91. The van der Waals surface area contributed by atoms with Gasteiger partial charge in [0.15, 0.2) is 0 Å². The van der Waals surface area contributed by atoms with Gasteiger partial charge in [0.25, 0.3) is 0 Å². The molecule has 0 saturated carbocycles. The van der Waals surface area contributed by atoms with E-state index in [4.69, 9.17) is 11.6 Å². The second-order valence-electron chi connectivity index (χ2n) is 5.39. The van der Waals surface area contributed by atoms with E-state index >= 15 is 0 Å². The molecular formula is C16H19ClO2. The van der Waals surface area contributed by atoms with Crippen molar-refractivity contribution in [1.29, 1.82) is 0 Å². The summed E-state index contributed by atoms with van der Waals surface area (Å²) in [4.78, 5) is 0. The molecule has 0 bridgehead atoms. The maximum atomic E-state index is 10.1. The molecule has 1 aromatic rings. The Morgan fingerprint density at radius 1 is 1.32 bits per heavy atom. The highest BCUT2D eigenvalue weighted by Crippen LogP contribution is 2.44. The molecule has 1 aromatic carbocycles. The van der Waals surface area contributed by atoms with Crippen LogP contribution in [-0.2, 0) is 0 Å². The minimum atomic E-state index is -0.0914. The van der Waals surface area contributed by atoms with Gasteiger partial charge in [-0.15, -0.1) is 0 Å². The summed E-state index contributed by atoms with van der Waals surface area (Å²) in [6.45, 7) is 8.17. The molecule has 19 heavy (non-hydrogen) atoms. The third-order valence-electron chi connectivity index (χ3n) is 3.84. The molecule has 0 saturated heterocycles. The van der Waals surface area contributed by atoms with Gasteiger partial charge in [0.1, 0.15) is 11.5 Å². The number of aromatic hydroxyl groups is 2. The van der Waals surface area contributed by atoms with Crippen LogP contribution in [0, 0.1) is 5.92 Å². The van der Waals surface area contributed by atoms with Crippen LogP contribution in [0.3, 0.4) is 0 Å². The second-order valence-corrected chi connectivity index (χ2v) is 5.80. The number of halogens is 1. The molecule has 102 valence electrons. The predicted octanol–water partition coefficient (Wildman–Crippen LogP) is 4.77. The molecule has 1 aliphatic rings. The summed E-state index contributed by atoms with van der Waals surface area (Å²) >= 11 is 5.96. The Labute approximate surface area is 119 Å². The molecule has 2 nitrogen and oxygen atoms in total. The Balaban J connectivity index is 2.50. The molecule has 0 spiro atoms. The van der Waals surface area contributed by atoms with Gasteiger partial charge >= 0.3 is 0 Å². The van der Waals surface area contributed by atoms with E-state index in [9.17, 15) is 10.2 Å². The summed E-state index contributed by atoms with van der Waals surface area (Å²) in [5, 5.41) is 19.9. The van der Waals surface area contributed by atoms with Crippen LogP contribution >= 0.6 is 11.6 Å². The Hall–Kier alpha value is -1.41. The van der Waals surface area contributed by atoms with Gasteiger partial charge in [0, 0.05) is 17.5 Å². The summed E-state index contributed by atoms with van der Waals surface area (Å²) < 4.78 is 0. The van der Waals surface area contributed by atoms with Gasteiger partial charge in [0.05, 0.1) is 5.02 Å². The lowest BCUT2D eigenvalue weighted by Gasteiger charge is -2.31. The first-order valence-electron chi connectivity index (χ1n) is 6.44. The predicted molar refractivity (Wildman–Crippen MR) is 78.8 cm³/mol. The smallest absolute Gasteiger partial charge is 0.137 e. The van der Waals surface area contributed by atoms with E-state index in [0.717, 1.165) is 24.0 Å². The summed E-state index contributed by atoms with van der Waals surface area (Å²) in [5.41, 5.74) is 3.18. The van der Waals surface area contributed by atoms with Crippen LogP contribution in [0.15, 0.2) is 35.9 Å². The molecule has 0 aromatic heterocycles. The highest BCUT2D eigenvalue weighted by Gasteiger charge is 2.28. The number of hydrogen-bond acceptors (Lipinski definition) is 2. The van der Waals surface area contributed by atoms with Crippen LogP contribution < -0.4 is 0 Å². The van der Waals surface area contributed by atoms with E-state index in [1.165, 1.54) is 11.6 Å². The molecule has 0 radical (unpaired) electrons. The SMILES string of the molecule is C=C(C)C1CCC(C)=CC1c1cc(Cl)c(O)cc1O. The fraction of sp³-hybridized carbons (Fsp3) is 0.375. The lowest BCUT2D eigenvalue weighted by atomic mass is 9.74. The summed E-state index contributed by atoms with van der Waals surface area (Å²) in [7, 11) is 0. The summed E-state index contributed by atoms with van der Waals surface area (Å²) in [6.07, 6.45) is 4.26. The van der Waals surface area contributed by atoms with Gasteiger partial charge in [-0.25, -0.2) is 0 Å². The standard InChI is InChI=1S/C16H19ClO2/c1-9(2)11-5-4-10(3)6-12(11)13-7-14(17)16(19)8-15(13)18/h6-8,11-12,18-19H,1,4-5H2,2-3H3. The average Bonchev–Trinajstić information content (AvgIpc) is 2.33. The molecule has 0 amide bonds. The minimum absolute atomic E-state index is 0.0735. The van der Waals surface area contributed by atoms with Crippen LogP contribution in [0.2, 0.25) is 5.02 Å². The van der Waals surface area contributed by atoms with Crippen molar-refractivity contribution < 1.29 is 10.2 Å². The fourth-order valence-corrected chi connectivity index (χ4v) is 2.93. The fourth-order valence-electron chi connectivity index (χ4n) is 2.76. The Bertz CT molecular complexity index is 546. The van der Waals surface area contributed by atoms with E-state index in [1.807, 2.05) is 6.92 Å². The summed E-state index contributed by atoms with van der Waals surface area (Å²) in [6, 6.07) is 2.97. The zero-order valence-corrected chi connectivity index (χ0v) is 12.0. The monoisotopic (exact) mass is 278 g/mol. The molecule has 3 heteroatoms. The normalized spacial score (nSPS) is 23.0. The third kappa shape index (κ3) is 2.79. The molecule has 0 heterocycles. The number of benzene rings is 1. The minimum Gasteiger partial charge on any atom is -0.508 e. The number of phenolic OH excluding ortho intramolecular Hbond substituents is 2. The summed E-state index contributed by atoms with van der Waals surface area (Å²) in [5.74, 6) is 0.370. The quantitative estimate of drug-likeness (QED) is 0.765. The van der Waals surface area contributed by atoms with Crippen molar-refractivity contribution in [2.24, 2.45) is 5.92 Å². The first-order valence-corrected chi connectivity index (χ1v) is 6.82. The molecule has 2 N–H and O–H groups in total. The van der Waals surface area contributed by atoms with E-state index in [0.29, 0.717) is 5.92 Å². The number of phenols is 2. The van der Waals surface area contributed by atoms with E-state index in [-0.39, 0.29) is 22.4 Å². The Morgan fingerprint density at radius 2 is 2.00 bits per heavy atom. The van der Waals surface area contributed by atoms with Gasteiger partial charge < -0.3 is 10.2 Å². The van der Waals surface area contributed by atoms with Crippen LogP contribution in [0.1, 0.15) is 38.2 Å². The lowest BCUT2D eigenvalue weighted by molar-refractivity contribution is 0.426. The van der Waals surface area contributed by atoms with E-state index in [1.54, 1.807) is 6.07 Å². The zero-order valence-electron chi connectivity index (χ0n) is 11.3. The van der Waals surface area contributed by atoms with Crippen molar-refractivity contribution in [1.82, 2.24) is 0 Å². The molecule has 2 rings (SSSR count). The average molecular weight is 279 g/mol. The van der Waals surface area contributed by atoms with E-state index in [2.05, 4.69) is 19.6 Å². The molecule has 2 unspecified atom stereocenters. The number of allylic oxidation sites excluding steroid dienone is 3. The molecule has 0 aliphatic heterocycles. The van der Waals surface area contributed by atoms with Crippen LogP contribution in [0.25, 0.3) is 0 Å². The highest BCUT2D eigenvalue weighted by atomic mass is 35.5.